The predicted octanol–water partition coefficient (Wildman–Crippen LogP) is 7.16. The van der Waals surface area contributed by atoms with Gasteiger partial charge in [-0.2, -0.15) is 0 Å². The van der Waals surface area contributed by atoms with E-state index in [9.17, 15) is 0 Å². The molecule has 2 heteroatoms. The third kappa shape index (κ3) is 3.80. The molecule has 160 valence electrons. The summed E-state index contributed by atoms with van der Waals surface area (Å²) >= 11 is 0. The maximum absolute atomic E-state index is 2.51. The standard InChI is InChI=1S/C29H35N2/c1-20-14-16-23(28(2,3)4)19-24(20)27-30(8)26-18-22(21-12-10-9-11-13-21)15-17-25(26)31(27)29(5,6)7/h9-19H,1-8H3/q+1. The normalized spacial score (nSPS) is 12.5. The Labute approximate surface area is 187 Å². The summed E-state index contributed by atoms with van der Waals surface area (Å²) in [5.74, 6) is 1.26. The largest absolute Gasteiger partial charge is 0.290 e. The van der Waals surface area contributed by atoms with Crippen molar-refractivity contribution < 1.29 is 4.57 Å². The highest BCUT2D eigenvalue weighted by Gasteiger charge is 2.33. The molecule has 0 amide bonds. The SMILES string of the molecule is Cc1ccc(C(C)(C)C)cc1-c1n(C(C)(C)C)c2ccc(-c3ccccc3)cc2[n+]1C. The molecule has 1 heterocycles. The molecular weight excluding hydrogens is 376 g/mol. The number of nitrogens with zero attached hydrogens (tertiary/aromatic N) is 2. The second-order valence-corrected chi connectivity index (χ2v) is 10.7. The van der Waals surface area contributed by atoms with E-state index in [2.05, 4.69) is 131 Å². The number of rotatable bonds is 2. The Kier molecular flexibility index (Phi) is 5.08. The van der Waals surface area contributed by atoms with Gasteiger partial charge >= 0.3 is 0 Å². The van der Waals surface area contributed by atoms with Gasteiger partial charge in [-0.15, -0.1) is 0 Å². The number of imidazole rings is 1. The van der Waals surface area contributed by atoms with Crippen molar-refractivity contribution in [1.82, 2.24) is 4.57 Å². The van der Waals surface area contributed by atoms with Crippen LogP contribution in [0.5, 0.6) is 0 Å². The highest BCUT2D eigenvalue weighted by Crippen LogP contribution is 2.35. The topological polar surface area (TPSA) is 8.81 Å². The minimum absolute atomic E-state index is 0.0483. The van der Waals surface area contributed by atoms with E-state index in [4.69, 9.17) is 0 Å². The molecule has 0 fully saturated rings. The monoisotopic (exact) mass is 411 g/mol. The second-order valence-electron chi connectivity index (χ2n) is 10.7. The van der Waals surface area contributed by atoms with Gasteiger partial charge in [-0.05, 0) is 79.6 Å². The average molecular weight is 412 g/mol. The molecule has 0 unspecified atom stereocenters. The van der Waals surface area contributed by atoms with Gasteiger partial charge in [-0.25, -0.2) is 9.13 Å². The Morgan fingerprint density at radius 2 is 1.42 bits per heavy atom. The molecule has 1 aromatic heterocycles. The van der Waals surface area contributed by atoms with Crippen LogP contribution in [0.3, 0.4) is 0 Å². The summed E-state index contributed by atoms with van der Waals surface area (Å²) in [6, 6.07) is 24.5. The first-order valence-electron chi connectivity index (χ1n) is 11.2. The fourth-order valence-corrected chi connectivity index (χ4v) is 4.48. The Bertz CT molecular complexity index is 1250. The minimum Gasteiger partial charge on any atom is -0.226 e. The number of hydrogen-bond acceptors (Lipinski definition) is 0. The van der Waals surface area contributed by atoms with Crippen molar-refractivity contribution in [3.63, 3.8) is 0 Å². The molecule has 0 bridgehead atoms. The molecular formula is C29H35N2+. The van der Waals surface area contributed by atoms with Gasteiger partial charge < -0.3 is 0 Å². The maximum Gasteiger partial charge on any atom is 0.290 e. The lowest BCUT2D eigenvalue weighted by molar-refractivity contribution is -0.634. The molecule has 0 saturated carbocycles. The third-order valence-corrected chi connectivity index (χ3v) is 6.23. The number of aromatic nitrogens is 2. The van der Waals surface area contributed by atoms with Crippen molar-refractivity contribution in [2.24, 2.45) is 7.05 Å². The smallest absolute Gasteiger partial charge is 0.226 e. The van der Waals surface area contributed by atoms with Crippen LogP contribution in [0.1, 0.15) is 52.7 Å². The van der Waals surface area contributed by atoms with Crippen LogP contribution in [0.25, 0.3) is 33.5 Å². The van der Waals surface area contributed by atoms with Crippen LogP contribution < -0.4 is 4.57 Å². The van der Waals surface area contributed by atoms with Gasteiger partial charge in [-0.1, -0.05) is 63.2 Å². The number of hydrogen-bond donors (Lipinski definition) is 0. The molecule has 0 aliphatic carbocycles. The molecule has 3 aromatic carbocycles. The van der Waals surface area contributed by atoms with Crippen LogP contribution in [0, 0.1) is 6.92 Å². The van der Waals surface area contributed by atoms with Crippen molar-refractivity contribution >= 4 is 11.0 Å². The van der Waals surface area contributed by atoms with Crippen molar-refractivity contribution in [1.29, 1.82) is 0 Å². The zero-order chi connectivity index (χ0) is 22.6. The molecule has 4 rings (SSSR count). The van der Waals surface area contributed by atoms with E-state index in [1.807, 2.05) is 0 Å². The van der Waals surface area contributed by atoms with Gasteiger partial charge in [0.1, 0.15) is 5.54 Å². The van der Waals surface area contributed by atoms with Crippen LogP contribution >= 0.6 is 0 Å². The van der Waals surface area contributed by atoms with Crippen LogP contribution in [0.4, 0.5) is 0 Å². The van der Waals surface area contributed by atoms with E-state index >= 15 is 0 Å². The van der Waals surface area contributed by atoms with Gasteiger partial charge in [0.15, 0.2) is 11.0 Å². The Morgan fingerprint density at radius 3 is 2.03 bits per heavy atom. The molecule has 0 N–H and O–H groups in total. The summed E-state index contributed by atoms with van der Waals surface area (Å²) in [5, 5.41) is 0. The maximum atomic E-state index is 2.51. The Hall–Kier alpha value is -2.87. The lowest BCUT2D eigenvalue weighted by Gasteiger charge is -2.22. The van der Waals surface area contributed by atoms with Gasteiger partial charge in [0.2, 0.25) is 0 Å². The van der Waals surface area contributed by atoms with Crippen molar-refractivity contribution in [3.8, 4) is 22.5 Å². The summed E-state index contributed by atoms with van der Waals surface area (Å²) < 4.78 is 4.88. The van der Waals surface area contributed by atoms with Crippen molar-refractivity contribution in [3.05, 3.63) is 77.9 Å². The molecule has 0 atom stereocenters. The summed E-state index contributed by atoms with van der Waals surface area (Å²) in [6.07, 6.45) is 0. The zero-order valence-electron chi connectivity index (χ0n) is 20.2. The molecule has 2 nitrogen and oxygen atoms in total. The third-order valence-electron chi connectivity index (χ3n) is 6.23. The molecule has 0 saturated heterocycles. The molecule has 0 aliphatic heterocycles. The van der Waals surface area contributed by atoms with Crippen LogP contribution in [-0.4, -0.2) is 4.57 Å². The van der Waals surface area contributed by atoms with E-state index in [0.29, 0.717) is 0 Å². The molecule has 0 spiro atoms. The van der Waals surface area contributed by atoms with E-state index in [-0.39, 0.29) is 11.0 Å². The van der Waals surface area contributed by atoms with Crippen LogP contribution in [-0.2, 0) is 18.0 Å². The van der Waals surface area contributed by atoms with Gasteiger partial charge in [-0.3, -0.25) is 0 Å². The predicted molar refractivity (Wildman–Crippen MR) is 132 cm³/mol. The number of benzene rings is 3. The second kappa shape index (κ2) is 7.37. The first-order valence-corrected chi connectivity index (χ1v) is 11.2. The van der Waals surface area contributed by atoms with Gasteiger partial charge in [0.25, 0.3) is 5.82 Å². The molecule has 31 heavy (non-hydrogen) atoms. The van der Waals surface area contributed by atoms with Crippen molar-refractivity contribution in [2.75, 3.05) is 0 Å². The fourth-order valence-electron chi connectivity index (χ4n) is 4.48. The van der Waals surface area contributed by atoms with E-state index < -0.39 is 0 Å². The molecule has 0 radical (unpaired) electrons. The molecule has 4 aromatic rings. The highest BCUT2D eigenvalue weighted by atomic mass is 15.2. The summed E-state index contributed by atoms with van der Waals surface area (Å²) in [7, 11) is 2.21. The van der Waals surface area contributed by atoms with Gasteiger partial charge in [0.05, 0.1) is 12.6 Å². The van der Waals surface area contributed by atoms with E-state index in [1.54, 1.807) is 0 Å². The van der Waals surface area contributed by atoms with E-state index in [1.165, 1.54) is 44.7 Å². The summed E-state index contributed by atoms with van der Waals surface area (Å²) in [5.41, 5.74) is 9.07. The average Bonchev–Trinajstić information content (AvgIpc) is 3.00. The lowest BCUT2D eigenvalue weighted by Crippen LogP contribution is -2.33. The molecule has 0 aliphatic rings. The first-order chi connectivity index (χ1) is 14.5. The lowest BCUT2D eigenvalue weighted by atomic mass is 9.85. The van der Waals surface area contributed by atoms with Crippen LogP contribution in [0.15, 0.2) is 66.7 Å². The van der Waals surface area contributed by atoms with Gasteiger partial charge in [0, 0.05) is 0 Å². The zero-order valence-corrected chi connectivity index (χ0v) is 20.2. The quantitative estimate of drug-likeness (QED) is 0.309. The van der Waals surface area contributed by atoms with Crippen molar-refractivity contribution in [2.45, 2.75) is 59.4 Å². The Balaban J connectivity index is 2.05. The Morgan fingerprint density at radius 1 is 0.742 bits per heavy atom. The summed E-state index contributed by atoms with van der Waals surface area (Å²) in [6.45, 7) is 16.0. The number of fused-ring (bicyclic) bond motifs is 1. The number of aryl methyl sites for hydroxylation is 2. The van der Waals surface area contributed by atoms with Crippen LogP contribution in [0.2, 0.25) is 0 Å². The highest BCUT2D eigenvalue weighted by molar-refractivity contribution is 5.83. The first kappa shape index (κ1) is 21.4. The fraction of sp³-hybridized carbons (Fsp3) is 0.345. The minimum atomic E-state index is -0.0483. The van der Waals surface area contributed by atoms with E-state index in [0.717, 1.165) is 0 Å². The summed E-state index contributed by atoms with van der Waals surface area (Å²) in [4.78, 5) is 0.